The maximum atomic E-state index is 5.87. The van der Waals surface area contributed by atoms with E-state index in [1.165, 1.54) is 11.8 Å². The van der Waals surface area contributed by atoms with E-state index in [0.717, 1.165) is 22.8 Å². The molecule has 0 aromatic heterocycles. The summed E-state index contributed by atoms with van der Waals surface area (Å²) in [7, 11) is 0. The average molecular weight is 286 g/mol. The van der Waals surface area contributed by atoms with Crippen LogP contribution in [0.4, 0.5) is 5.69 Å². The van der Waals surface area contributed by atoms with E-state index < -0.39 is 0 Å². The first kappa shape index (κ1) is 14.5. The van der Waals surface area contributed by atoms with Gasteiger partial charge in [0, 0.05) is 5.75 Å². The van der Waals surface area contributed by atoms with Gasteiger partial charge in [-0.3, -0.25) is 0 Å². The van der Waals surface area contributed by atoms with E-state index in [1.807, 2.05) is 61.5 Å². The van der Waals surface area contributed by atoms with Crippen LogP contribution in [0.3, 0.4) is 0 Å². The average Bonchev–Trinajstić information content (AvgIpc) is 2.46. The Kier molecular flexibility index (Phi) is 5.50. The highest BCUT2D eigenvalue weighted by Gasteiger charge is 1.99. The molecule has 0 radical (unpaired) electrons. The number of benzene rings is 2. The van der Waals surface area contributed by atoms with E-state index >= 15 is 0 Å². The Morgan fingerprint density at radius 3 is 2.55 bits per heavy atom. The van der Waals surface area contributed by atoms with Crippen molar-refractivity contribution in [2.24, 2.45) is 10.7 Å². The molecule has 4 heteroatoms. The highest BCUT2D eigenvalue weighted by atomic mass is 32.2. The van der Waals surface area contributed by atoms with E-state index in [1.54, 1.807) is 0 Å². The summed E-state index contributed by atoms with van der Waals surface area (Å²) in [6, 6.07) is 17.7. The van der Waals surface area contributed by atoms with Gasteiger partial charge in [-0.2, -0.15) is 0 Å². The van der Waals surface area contributed by atoms with Crippen LogP contribution in [0, 0.1) is 6.92 Å². The van der Waals surface area contributed by atoms with Crippen molar-refractivity contribution in [3.63, 3.8) is 0 Å². The van der Waals surface area contributed by atoms with Crippen LogP contribution in [0.1, 0.15) is 5.56 Å². The van der Waals surface area contributed by atoms with Crippen molar-refractivity contribution in [1.82, 2.24) is 0 Å². The number of nitrogens with zero attached hydrogens (tertiary/aromatic N) is 1. The van der Waals surface area contributed by atoms with Crippen molar-refractivity contribution < 1.29 is 4.74 Å². The normalized spacial score (nSPS) is 11.3. The molecule has 2 N–H and O–H groups in total. The summed E-state index contributed by atoms with van der Waals surface area (Å²) in [5.41, 5.74) is 7.89. The zero-order chi connectivity index (χ0) is 14.2. The van der Waals surface area contributed by atoms with Crippen LogP contribution < -0.4 is 10.5 Å². The van der Waals surface area contributed by atoms with Crippen LogP contribution in [0.2, 0.25) is 0 Å². The predicted octanol–water partition coefficient (Wildman–Crippen LogP) is 3.75. The summed E-state index contributed by atoms with van der Waals surface area (Å²) in [6.07, 6.45) is 0. The highest BCUT2D eigenvalue weighted by molar-refractivity contribution is 8.13. The number of ether oxygens (including phenoxy) is 1. The van der Waals surface area contributed by atoms with Gasteiger partial charge in [-0.25, -0.2) is 4.99 Å². The number of aliphatic imine (C=N–C) groups is 1. The third kappa shape index (κ3) is 4.63. The molecule has 0 saturated carbocycles. The van der Waals surface area contributed by atoms with Gasteiger partial charge in [0.25, 0.3) is 0 Å². The minimum atomic E-state index is 0.560. The summed E-state index contributed by atoms with van der Waals surface area (Å²) in [5.74, 6) is 1.70. The van der Waals surface area contributed by atoms with Crippen LogP contribution in [0.25, 0.3) is 0 Å². The van der Waals surface area contributed by atoms with Gasteiger partial charge in [-0.1, -0.05) is 48.2 Å². The molecular formula is C16H18N2OS. The molecule has 0 atom stereocenters. The van der Waals surface area contributed by atoms with Gasteiger partial charge in [0.1, 0.15) is 5.75 Å². The van der Waals surface area contributed by atoms with E-state index in [9.17, 15) is 0 Å². The zero-order valence-electron chi connectivity index (χ0n) is 11.5. The Morgan fingerprint density at radius 2 is 1.80 bits per heavy atom. The summed E-state index contributed by atoms with van der Waals surface area (Å²) >= 11 is 1.50. The molecule has 0 bridgehead atoms. The minimum Gasteiger partial charge on any atom is -0.492 e. The smallest absolute Gasteiger partial charge is 0.159 e. The third-order valence-electron chi connectivity index (χ3n) is 2.68. The van der Waals surface area contributed by atoms with Gasteiger partial charge in [0.05, 0.1) is 12.3 Å². The molecule has 0 aliphatic heterocycles. The Morgan fingerprint density at radius 1 is 1.10 bits per heavy atom. The van der Waals surface area contributed by atoms with E-state index in [0.29, 0.717) is 11.8 Å². The summed E-state index contributed by atoms with van der Waals surface area (Å²) < 4.78 is 5.71. The predicted molar refractivity (Wildman–Crippen MR) is 86.9 cm³/mol. The second-order valence-electron chi connectivity index (χ2n) is 4.25. The molecule has 0 amide bonds. The monoisotopic (exact) mass is 286 g/mol. The van der Waals surface area contributed by atoms with Crippen LogP contribution in [0.5, 0.6) is 5.75 Å². The summed E-state index contributed by atoms with van der Waals surface area (Å²) in [5, 5.41) is 0.560. The first-order valence-corrected chi connectivity index (χ1v) is 7.45. The second kappa shape index (κ2) is 7.60. The minimum absolute atomic E-state index is 0.560. The maximum Gasteiger partial charge on any atom is 0.159 e. The number of hydrogen-bond donors (Lipinski definition) is 1. The lowest BCUT2D eigenvalue weighted by molar-refractivity contribution is 0.342. The van der Waals surface area contributed by atoms with Crippen molar-refractivity contribution in [2.75, 3.05) is 12.4 Å². The van der Waals surface area contributed by atoms with Crippen LogP contribution in [0.15, 0.2) is 59.6 Å². The molecule has 0 unspecified atom stereocenters. The largest absolute Gasteiger partial charge is 0.492 e. The lowest BCUT2D eigenvalue weighted by atomic mass is 10.2. The van der Waals surface area contributed by atoms with E-state index in [-0.39, 0.29) is 0 Å². The van der Waals surface area contributed by atoms with Crippen molar-refractivity contribution in [3.8, 4) is 5.75 Å². The molecule has 0 spiro atoms. The fourth-order valence-corrected chi connectivity index (χ4v) is 2.22. The van der Waals surface area contributed by atoms with Crippen molar-refractivity contribution >= 4 is 22.6 Å². The molecule has 0 heterocycles. The van der Waals surface area contributed by atoms with Crippen LogP contribution in [-0.2, 0) is 0 Å². The molecule has 20 heavy (non-hydrogen) atoms. The van der Waals surface area contributed by atoms with Gasteiger partial charge < -0.3 is 10.5 Å². The molecule has 0 fully saturated rings. The zero-order valence-corrected chi connectivity index (χ0v) is 12.3. The SMILES string of the molecule is Cc1ccccc1OCCSC(N)=Nc1ccccc1. The molecule has 0 saturated heterocycles. The number of rotatable bonds is 5. The van der Waals surface area contributed by atoms with Gasteiger partial charge >= 0.3 is 0 Å². The Balaban J connectivity index is 1.76. The standard InChI is InChI=1S/C16H18N2OS/c1-13-7-5-6-10-15(13)19-11-12-20-16(17)18-14-8-3-2-4-9-14/h2-10H,11-12H2,1H3,(H2,17,18). The number of para-hydroxylation sites is 2. The molecule has 2 rings (SSSR count). The highest BCUT2D eigenvalue weighted by Crippen LogP contribution is 2.17. The lowest BCUT2D eigenvalue weighted by Crippen LogP contribution is -2.10. The van der Waals surface area contributed by atoms with Crippen LogP contribution in [-0.4, -0.2) is 17.5 Å². The fraction of sp³-hybridized carbons (Fsp3) is 0.188. The molecule has 104 valence electrons. The Hall–Kier alpha value is -1.94. The van der Waals surface area contributed by atoms with Gasteiger partial charge in [-0.05, 0) is 30.7 Å². The van der Waals surface area contributed by atoms with E-state index in [2.05, 4.69) is 4.99 Å². The number of hydrogen-bond acceptors (Lipinski definition) is 3. The molecule has 3 nitrogen and oxygen atoms in total. The second-order valence-corrected chi connectivity index (χ2v) is 5.36. The molecule has 2 aromatic rings. The summed E-state index contributed by atoms with van der Waals surface area (Å²) in [6.45, 7) is 2.65. The Labute approximate surface area is 123 Å². The van der Waals surface area contributed by atoms with Crippen molar-refractivity contribution in [1.29, 1.82) is 0 Å². The maximum absolute atomic E-state index is 5.87. The van der Waals surface area contributed by atoms with Crippen molar-refractivity contribution in [2.45, 2.75) is 6.92 Å². The number of thioether (sulfide) groups is 1. The number of aryl methyl sites for hydroxylation is 1. The number of amidine groups is 1. The summed E-state index contributed by atoms with van der Waals surface area (Å²) in [4.78, 5) is 4.32. The van der Waals surface area contributed by atoms with Crippen LogP contribution >= 0.6 is 11.8 Å². The molecule has 0 aliphatic rings. The lowest BCUT2D eigenvalue weighted by Gasteiger charge is -2.08. The topological polar surface area (TPSA) is 47.6 Å². The van der Waals surface area contributed by atoms with E-state index in [4.69, 9.17) is 10.5 Å². The van der Waals surface area contributed by atoms with Gasteiger partial charge in [-0.15, -0.1) is 0 Å². The molecular weight excluding hydrogens is 268 g/mol. The number of nitrogens with two attached hydrogens (primary N) is 1. The quantitative estimate of drug-likeness (QED) is 0.517. The van der Waals surface area contributed by atoms with Gasteiger partial charge in [0.15, 0.2) is 5.17 Å². The molecule has 2 aromatic carbocycles. The molecule has 0 aliphatic carbocycles. The Bertz CT molecular complexity index is 570. The first-order chi connectivity index (χ1) is 9.75. The first-order valence-electron chi connectivity index (χ1n) is 6.46. The fourth-order valence-electron chi connectivity index (χ4n) is 1.68. The van der Waals surface area contributed by atoms with Gasteiger partial charge in [0.2, 0.25) is 0 Å². The third-order valence-corrected chi connectivity index (χ3v) is 3.44. The van der Waals surface area contributed by atoms with Crippen molar-refractivity contribution in [3.05, 3.63) is 60.2 Å².